The van der Waals surface area contributed by atoms with Gasteiger partial charge in [0.05, 0.1) is 0 Å². The van der Waals surface area contributed by atoms with Gasteiger partial charge in [0.15, 0.2) is 0 Å². The molecule has 56 valence electrons. The summed E-state index contributed by atoms with van der Waals surface area (Å²) in [5.41, 5.74) is -0.0301. The third-order valence-electron chi connectivity index (χ3n) is 0.936. The Morgan fingerprint density at radius 3 is 2.27 bits per heavy atom. The molecule has 0 aliphatic carbocycles. The standard InChI is InChI=1S/C6H5F2N.CH3.K/c7-6(8)5-2-1-3-9-4-5;;/h1-4,6H;1H3;/q;-1;+1. The van der Waals surface area contributed by atoms with Gasteiger partial charge in [-0.3, -0.25) is 4.98 Å². The number of hydrogen-bond donors (Lipinski definition) is 0. The van der Waals surface area contributed by atoms with Gasteiger partial charge in [-0.1, -0.05) is 6.07 Å². The van der Waals surface area contributed by atoms with Crippen molar-refractivity contribution in [3.63, 3.8) is 0 Å². The van der Waals surface area contributed by atoms with Crippen molar-refractivity contribution >= 4 is 0 Å². The Balaban J connectivity index is 0. The molecule has 0 fully saturated rings. The van der Waals surface area contributed by atoms with Crippen molar-refractivity contribution in [3.05, 3.63) is 37.5 Å². The Bertz CT molecular complexity index is 179. The zero-order valence-electron chi connectivity index (χ0n) is 6.59. The zero-order chi connectivity index (χ0) is 6.69. The molecule has 0 saturated heterocycles. The van der Waals surface area contributed by atoms with E-state index in [1.54, 1.807) is 0 Å². The molecule has 0 amide bonds. The van der Waals surface area contributed by atoms with Crippen LogP contribution < -0.4 is 51.4 Å². The first-order valence-electron chi connectivity index (χ1n) is 2.49. The summed E-state index contributed by atoms with van der Waals surface area (Å²) in [6, 6.07) is 2.83. The molecule has 1 aromatic rings. The van der Waals surface area contributed by atoms with E-state index in [0.29, 0.717) is 0 Å². The van der Waals surface area contributed by atoms with E-state index in [9.17, 15) is 8.78 Å². The van der Waals surface area contributed by atoms with Gasteiger partial charge in [0, 0.05) is 18.0 Å². The maximum atomic E-state index is 11.7. The van der Waals surface area contributed by atoms with E-state index in [4.69, 9.17) is 0 Å². The van der Waals surface area contributed by atoms with E-state index in [-0.39, 0.29) is 64.4 Å². The first-order valence-corrected chi connectivity index (χ1v) is 2.49. The minimum atomic E-state index is -2.40. The van der Waals surface area contributed by atoms with Crippen LogP contribution in [0.3, 0.4) is 0 Å². The molecule has 0 atom stereocenters. The number of nitrogens with zero attached hydrogens (tertiary/aromatic N) is 1. The van der Waals surface area contributed by atoms with Gasteiger partial charge in [0.25, 0.3) is 6.43 Å². The van der Waals surface area contributed by atoms with Crippen LogP contribution in [-0.2, 0) is 0 Å². The fraction of sp³-hybridized carbons (Fsp3) is 0.143. The molecule has 4 heteroatoms. The Kier molecular flexibility index (Phi) is 9.42. The molecular weight excluding hydrogens is 175 g/mol. The van der Waals surface area contributed by atoms with Crippen LogP contribution in [0, 0.1) is 7.43 Å². The van der Waals surface area contributed by atoms with Gasteiger partial charge in [0.1, 0.15) is 0 Å². The third kappa shape index (κ3) is 4.98. The molecule has 1 heterocycles. The summed E-state index contributed by atoms with van der Waals surface area (Å²) in [7, 11) is 0. The molecule has 0 spiro atoms. The maximum Gasteiger partial charge on any atom is 1.00 e. The van der Waals surface area contributed by atoms with E-state index in [1.807, 2.05) is 0 Å². The first kappa shape index (κ1) is 14.2. The molecule has 1 aromatic heterocycles. The van der Waals surface area contributed by atoms with Crippen LogP contribution in [0.25, 0.3) is 0 Å². The Labute approximate surface area is 108 Å². The monoisotopic (exact) mass is 183 g/mol. The van der Waals surface area contributed by atoms with Gasteiger partial charge >= 0.3 is 51.4 Å². The molecule has 0 saturated carbocycles. The Morgan fingerprint density at radius 2 is 2.00 bits per heavy atom. The van der Waals surface area contributed by atoms with Crippen molar-refractivity contribution in [3.8, 4) is 0 Å². The molecule has 1 rings (SSSR count). The number of aromatic nitrogens is 1. The molecule has 1 nitrogen and oxygen atoms in total. The Hall–Kier alpha value is 0.646. The van der Waals surface area contributed by atoms with Crippen LogP contribution in [0.15, 0.2) is 24.5 Å². The predicted octanol–water partition coefficient (Wildman–Crippen LogP) is -0.527. The maximum absolute atomic E-state index is 11.7. The van der Waals surface area contributed by atoms with Gasteiger partial charge in [-0.15, -0.1) is 0 Å². The molecule has 0 aliphatic rings. The average molecular weight is 183 g/mol. The molecule has 11 heavy (non-hydrogen) atoms. The summed E-state index contributed by atoms with van der Waals surface area (Å²) >= 11 is 0. The number of hydrogen-bond acceptors (Lipinski definition) is 1. The fourth-order valence-electron chi connectivity index (χ4n) is 0.505. The van der Waals surface area contributed by atoms with E-state index in [1.165, 1.54) is 18.3 Å². The van der Waals surface area contributed by atoms with Gasteiger partial charge in [-0.25, -0.2) is 8.78 Å². The van der Waals surface area contributed by atoms with Gasteiger partial charge in [-0.2, -0.15) is 0 Å². The van der Waals surface area contributed by atoms with E-state index < -0.39 is 6.43 Å². The normalized spacial score (nSPS) is 8.27. The van der Waals surface area contributed by atoms with Crippen molar-refractivity contribution in [1.82, 2.24) is 4.98 Å². The third-order valence-corrected chi connectivity index (χ3v) is 0.936. The zero-order valence-corrected chi connectivity index (χ0v) is 9.71. The fourth-order valence-corrected chi connectivity index (χ4v) is 0.505. The summed E-state index contributed by atoms with van der Waals surface area (Å²) in [6.07, 6.45) is 0.218. The van der Waals surface area contributed by atoms with Crippen LogP contribution in [0.2, 0.25) is 0 Å². The molecule has 0 unspecified atom stereocenters. The molecular formula is C7H8F2KN. The number of halogens is 2. The van der Waals surface area contributed by atoms with Crippen molar-refractivity contribution in [2.45, 2.75) is 6.43 Å². The van der Waals surface area contributed by atoms with E-state index in [0.717, 1.165) is 6.20 Å². The van der Waals surface area contributed by atoms with Crippen molar-refractivity contribution in [2.75, 3.05) is 0 Å². The summed E-state index contributed by atoms with van der Waals surface area (Å²) in [5.74, 6) is 0. The summed E-state index contributed by atoms with van der Waals surface area (Å²) in [6.45, 7) is 0. The van der Waals surface area contributed by atoms with Gasteiger partial charge in [-0.05, 0) is 6.07 Å². The van der Waals surface area contributed by atoms with Gasteiger partial charge < -0.3 is 7.43 Å². The van der Waals surface area contributed by atoms with E-state index in [2.05, 4.69) is 4.98 Å². The number of alkyl halides is 2. The quantitative estimate of drug-likeness (QED) is 0.421. The van der Waals surface area contributed by atoms with E-state index >= 15 is 0 Å². The largest absolute Gasteiger partial charge is 1.00 e. The van der Waals surface area contributed by atoms with Crippen LogP contribution in [0.5, 0.6) is 0 Å². The molecule has 0 aliphatic heterocycles. The smallest absolute Gasteiger partial charge is 0.358 e. The number of pyridine rings is 1. The number of rotatable bonds is 1. The molecule has 0 bridgehead atoms. The summed E-state index contributed by atoms with van der Waals surface area (Å²) < 4.78 is 23.5. The molecule has 0 N–H and O–H groups in total. The minimum absolute atomic E-state index is 0. The van der Waals surface area contributed by atoms with Crippen LogP contribution in [-0.4, -0.2) is 4.98 Å². The minimum Gasteiger partial charge on any atom is -0.358 e. The van der Waals surface area contributed by atoms with Crippen LogP contribution in [0.1, 0.15) is 12.0 Å². The molecule has 0 aromatic carbocycles. The van der Waals surface area contributed by atoms with Crippen molar-refractivity contribution < 1.29 is 60.2 Å². The van der Waals surface area contributed by atoms with Crippen molar-refractivity contribution in [2.24, 2.45) is 0 Å². The second-order valence-electron chi connectivity index (χ2n) is 1.59. The predicted molar refractivity (Wildman–Crippen MR) is 35.6 cm³/mol. The average Bonchev–Trinajstić information content (AvgIpc) is 1.90. The Morgan fingerprint density at radius 1 is 1.36 bits per heavy atom. The topological polar surface area (TPSA) is 12.9 Å². The van der Waals surface area contributed by atoms with Gasteiger partial charge in [0.2, 0.25) is 0 Å². The second kappa shape index (κ2) is 7.30. The van der Waals surface area contributed by atoms with Crippen molar-refractivity contribution in [1.29, 1.82) is 0 Å². The summed E-state index contributed by atoms with van der Waals surface area (Å²) in [4.78, 5) is 3.53. The second-order valence-corrected chi connectivity index (χ2v) is 1.59. The SMILES string of the molecule is FC(F)c1cccnc1.[CH3-].[K+]. The van der Waals surface area contributed by atoms with Crippen LogP contribution >= 0.6 is 0 Å². The van der Waals surface area contributed by atoms with Crippen LogP contribution in [0.4, 0.5) is 8.78 Å². The summed E-state index contributed by atoms with van der Waals surface area (Å²) in [5, 5.41) is 0. The first-order chi connectivity index (χ1) is 4.30. The molecule has 0 radical (unpaired) electrons.